The van der Waals surface area contributed by atoms with E-state index in [1.165, 1.54) is 19.1 Å². The number of carbonyl (C=O) groups excluding carboxylic acids is 2. The standard InChI is InChI=1S/C32H26N4O5/c1-19(37)28(32(40)41-18-20-9-3-2-4-10-20)35-31(39)23-17-21(15-16-27(23)38)29-33-24-12-6-5-11-22(24)30-34-25-13-7-8-14-26(25)36(29)30/h2-17,19,28,37-38H,18H2,1H3,(H,35,39)/t19-,28+/m1/s1. The number of phenols is 1. The quantitative estimate of drug-likeness (QED) is 0.249. The van der Waals surface area contributed by atoms with Gasteiger partial charge in [0.25, 0.3) is 5.91 Å². The molecule has 0 unspecified atom stereocenters. The first-order valence-corrected chi connectivity index (χ1v) is 13.1. The topological polar surface area (TPSA) is 126 Å². The highest BCUT2D eigenvalue weighted by atomic mass is 16.5. The normalized spacial score (nSPS) is 12.8. The Balaban J connectivity index is 1.36. The fourth-order valence-electron chi connectivity index (χ4n) is 4.81. The van der Waals surface area contributed by atoms with Crippen LogP contribution in [0.1, 0.15) is 22.8 Å². The van der Waals surface area contributed by atoms with E-state index in [0.717, 1.165) is 27.5 Å². The van der Waals surface area contributed by atoms with Gasteiger partial charge in [0.1, 0.15) is 23.8 Å². The second-order valence-corrected chi connectivity index (χ2v) is 9.73. The molecule has 204 valence electrons. The zero-order valence-corrected chi connectivity index (χ0v) is 22.1. The van der Waals surface area contributed by atoms with Gasteiger partial charge in [-0.05, 0) is 55.0 Å². The average Bonchev–Trinajstić information content (AvgIpc) is 3.39. The number of aromatic hydroxyl groups is 1. The van der Waals surface area contributed by atoms with Crippen molar-refractivity contribution in [1.29, 1.82) is 0 Å². The van der Waals surface area contributed by atoms with Gasteiger partial charge in [0.15, 0.2) is 6.04 Å². The molecular formula is C32H26N4O5. The zero-order chi connectivity index (χ0) is 28.5. The molecule has 0 radical (unpaired) electrons. The van der Waals surface area contributed by atoms with E-state index in [0.29, 0.717) is 17.0 Å². The van der Waals surface area contributed by atoms with E-state index in [1.54, 1.807) is 18.2 Å². The minimum Gasteiger partial charge on any atom is -0.507 e. The van der Waals surface area contributed by atoms with Gasteiger partial charge in [-0.2, -0.15) is 0 Å². The Hall–Kier alpha value is -5.28. The van der Waals surface area contributed by atoms with E-state index in [4.69, 9.17) is 14.7 Å². The van der Waals surface area contributed by atoms with Gasteiger partial charge in [0.2, 0.25) is 0 Å². The van der Waals surface area contributed by atoms with E-state index in [2.05, 4.69) is 5.32 Å². The van der Waals surface area contributed by atoms with Crippen LogP contribution in [0.15, 0.2) is 97.1 Å². The minimum absolute atomic E-state index is 0.0119. The molecule has 0 fully saturated rings. The first-order valence-electron chi connectivity index (χ1n) is 13.1. The molecule has 1 amide bonds. The van der Waals surface area contributed by atoms with Crippen molar-refractivity contribution in [1.82, 2.24) is 19.7 Å². The summed E-state index contributed by atoms with van der Waals surface area (Å²) in [7, 11) is 0. The maximum absolute atomic E-state index is 13.4. The van der Waals surface area contributed by atoms with Gasteiger partial charge in [-0.1, -0.05) is 54.6 Å². The highest BCUT2D eigenvalue weighted by molar-refractivity contribution is 6.01. The number of aromatic nitrogens is 3. The molecule has 0 bridgehead atoms. The van der Waals surface area contributed by atoms with Crippen molar-refractivity contribution in [2.24, 2.45) is 0 Å². The number of fused-ring (bicyclic) bond motifs is 5. The maximum Gasteiger partial charge on any atom is 0.331 e. The van der Waals surface area contributed by atoms with Gasteiger partial charge in [-0.15, -0.1) is 0 Å². The largest absolute Gasteiger partial charge is 0.507 e. The Kier molecular flexibility index (Phi) is 6.78. The van der Waals surface area contributed by atoms with Crippen molar-refractivity contribution in [3.05, 3.63) is 108 Å². The lowest BCUT2D eigenvalue weighted by molar-refractivity contribution is -0.150. The molecule has 0 aliphatic rings. The van der Waals surface area contributed by atoms with Gasteiger partial charge < -0.3 is 20.3 Å². The number of para-hydroxylation sites is 3. The molecule has 2 heterocycles. The fraction of sp³-hybridized carbons (Fsp3) is 0.125. The van der Waals surface area contributed by atoms with Crippen LogP contribution in [-0.2, 0) is 16.1 Å². The third-order valence-corrected chi connectivity index (χ3v) is 6.89. The Labute approximate surface area is 234 Å². The van der Waals surface area contributed by atoms with Crippen LogP contribution in [0, 0.1) is 0 Å². The van der Waals surface area contributed by atoms with Crippen LogP contribution in [0.3, 0.4) is 0 Å². The van der Waals surface area contributed by atoms with Crippen molar-refractivity contribution in [3.63, 3.8) is 0 Å². The van der Waals surface area contributed by atoms with Crippen LogP contribution in [0.2, 0.25) is 0 Å². The summed E-state index contributed by atoms with van der Waals surface area (Å²) < 4.78 is 7.26. The van der Waals surface area contributed by atoms with Crippen LogP contribution in [0.5, 0.6) is 5.75 Å². The zero-order valence-electron chi connectivity index (χ0n) is 22.1. The summed E-state index contributed by atoms with van der Waals surface area (Å²) in [5, 5.41) is 24.3. The molecule has 2 aromatic heterocycles. The molecule has 0 saturated heterocycles. The van der Waals surface area contributed by atoms with Crippen LogP contribution in [-0.4, -0.2) is 48.6 Å². The molecule has 9 nitrogen and oxygen atoms in total. The van der Waals surface area contributed by atoms with Crippen molar-refractivity contribution in [2.75, 3.05) is 0 Å². The van der Waals surface area contributed by atoms with Crippen molar-refractivity contribution in [2.45, 2.75) is 25.7 Å². The number of esters is 1. The predicted molar refractivity (Wildman–Crippen MR) is 154 cm³/mol. The summed E-state index contributed by atoms with van der Waals surface area (Å²) in [6.45, 7) is 1.37. The number of hydrogen-bond donors (Lipinski definition) is 3. The first-order chi connectivity index (χ1) is 19.9. The molecule has 4 aromatic carbocycles. The minimum atomic E-state index is -1.35. The summed E-state index contributed by atoms with van der Waals surface area (Å²) >= 11 is 0. The molecule has 2 atom stereocenters. The third-order valence-electron chi connectivity index (χ3n) is 6.89. The molecular weight excluding hydrogens is 520 g/mol. The monoisotopic (exact) mass is 546 g/mol. The molecule has 0 saturated carbocycles. The van der Waals surface area contributed by atoms with E-state index in [1.807, 2.05) is 71.1 Å². The summed E-state index contributed by atoms with van der Waals surface area (Å²) in [5.41, 5.74) is 4.29. The van der Waals surface area contributed by atoms with Crippen LogP contribution < -0.4 is 5.32 Å². The number of aliphatic hydroxyl groups excluding tert-OH is 1. The number of carbonyl (C=O) groups is 2. The van der Waals surface area contributed by atoms with Crippen LogP contribution in [0.25, 0.3) is 39.0 Å². The third kappa shape index (κ3) is 4.94. The van der Waals surface area contributed by atoms with E-state index >= 15 is 0 Å². The first kappa shape index (κ1) is 26.0. The number of nitrogens with zero attached hydrogens (tertiary/aromatic N) is 3. The Morgan fingerprint density at radius 3 is 2.39 bits per heavy atom. The second-order valence-electron chi connectivity index (χ2n) is 9.73. The lowest BCUT2D eigenvalue weighted by Gasteiger charge is -2.20. The number of imidazole rings is 1. The van der Waals surface area contributed by atoms with Crippen molar-refractivity contribution >= 4 is 39.5 Å². The van der Waals surface area contributed by atoms with E-state index < -0.39 is 24.0 Å². The highest BCUT2D eigenvalue weighted by Gasteiger charge is 2.29. The molecule has 6 rings (SSSR count). The number of rotatable bonds is 7. The maximum atomic E-state index is 13.4. The molecule has 0 spiro atoms. The number of benzene rings is 4. The fourth-order valence-corrected chi connectivity index (χ4v) is 4.81. The smallest absolute Gasteiger partial charge is 0.331 e. The van der Waals surface area contributed by atoms with E-state index in [9.17, 15) is 19.8 Å². The van der Waals surface area contributed by atoms with Gasteiger partial charge in [-0.3, -0.25) is 9.20 Å². The number of nitrogens with one attached hydrogen (secondary N) is 1. The van der Waals surface area contributed by atoms with Crippen molar-refractivity contribution < 1.29 is 24.5 Å². The Morgan fingerprint density at radius 2 is 1.61 bits per heavy atom. The van der Waals surface area contributed by atoms with Crippen LogP contribution >= 0.6 is 0 Å². The van der Waals surface area contributed by atoms with Gasteiger partial charge in [-0.25, -0.2) is 14.8 Å². The number of ether oxygens (including phenoxy) is 1. The Morgan fingerprint density at radius 1 is 0.902 bits per heavy atom. The Bertz CT molecular complexity index is 1920. The number of aliphatic hydroxyl groups is 1. The highest BCUT2D eigenvalue weighted by Crippen LogP contribution is 2.31. The average molecular weight is 547 g/mol. The summed E-state index contributed by atoms with van der Waals surface area (Å²) in [4.78, 5) is 35.9. The van der Waals surface area contributed by atoms with Crippen LogP contribution in [0.4, 0.5) is 0 Å². The van der Waals surface area contributed by atoms with Crippen molar-refractivity contribution in [3.8, 4) is 17.1 Å². The summed E-state index contributed by atoms with van der Waals surface area (Å²) in [6, 6.07) is 27.6. The lowest BCUT2D eigenvalue weighted by atomic mass is 10.1. The number of phenolic OH excluding ortho intramolecular Hbond substituents is 1. The number of hydrogen-bond acceptors (Lipinski definition) is 7. The van der Waals surface area contributed by atoms with Gasteiger partial charge in [0.05, 0.1) is 28.2 Å². The molecule has 0 aliphatic carbocycles. The molecule has 6 aromatic rings. The summed E-state index contributed by atoms with van der Waals surface area (Å²) in [5.74, 6) is -1.31. The molecule has 3 N–H and O–H groups in total. The summed E-state index contributed by atoms with van der Waals surface area (Å²) in [6.07, 6.45) is -1.24. The lowest BCUT2D eigenvalue weighted by Crippen LogP contribution is -2.48. The van der Waals surface area contributed by atoms with E-state index in [-0.39, 0.29) is 17.9 Å². The van der Waals surface area contributed by atoms with Gasteiger partial charge in [0, 0.05) is 10.9 Å². The molecule has 9 heteroatoms. The molecule has 0 aliphatic heterocycles. The predicted octanol–water partition coefficient (Wildman–Crippen LogP) is 4.63. The molecule has 41 heavy (non-hydrogen) atoms. The second kappa shape index (κ2) is 10.7. The number of amides is 1. The van der Waals surface area contributed by atoms with Gasteiger partial charge >= 0.3 is 5.97 Å². The SMILES string of the molecule is C[C@@H](O)[C@H](NC(=O)c1cc(-c2nc3ccccc3c3nc4ccccc4n23)ccc1O)C(=O)OCc1ccccc1.